The first-order valence-electron chi connectivity index (χ1n) is 9.06. The van der Waals surface area contributed by atoms with Gasteiger partial charge in [0.15, 0.2) is 12.7 Å². The molecule has 3 aromatic carbocycles. The van der Waals surface area contributed by atoms with E-state index in [1.165, 1.54) is 31.2 Å². The van der Waals surface area contributed by atoms with Crippen LogP contribution in [0.3, 0.4) is 0 Å². The smallest absolute Gasteiger partial charge is 0.347 e. The number of ether oxygens (including phenoxy) is 2. The van der Waals surface area contributed by atoms with Gasteiger partial charge in [-0.1, -0.05) is 48.5 Å². The molecule has 29 heavy (non-hydrogen) atoms. The molecule has 6 heteroatoms. The van der Waals surface area contributed by atoms with Gasteiger partial charge in [-0.2, -0.15) is 0 Å². The van der Waals surface area contributed by atoms with Crippen LogP contribution >= 0.6 is 0 Å². The zero-order chi connectivity index (χ0) is 20.6. The van der Waals surface area contributed by atoms with Crippen LogP contribution in [0, 0.1) is 5.82 Å². The average Bonchev–Trinajstić information content (AvgIpc) is 2.74. The van der Waals surface area contributed by atoms with Crippen molar-refractivity contribution >= 4 is 17.6 Å². The van der Waals surface area contributed by atoms with Crippen molar-refractivity contribution in [3.05, 3.63) is 84.7 Å². The summed E-state index contributed by atoms with van der Waals surface area (Å²) >= 11 is 0. The molecular weight excluding hydrogens is 373 g/mol. The first-order valence-corrected chi connectivity index (χ1v) is 9.06. The Labute approximate surface area is 168 Å². The molecule has 148 valence electrons. The highest BCUT2D eigenvalue weighted by Crippen LogP contribution is 2.27. The molecule has 0 aliphatic carbocycles. The van der Waals surface area contributed by atoms with E-state index in [4.69, 9.17) is 9.47 Å². The number of carbonyl (C=O) groups is 2. The number of para-hydroxylation sites is 1. The molecule has 0 unspecified atom stereocenters. The van der Waals surface area contributed by atoms with Gasteiger partial charge < -0.3 is 14.8 Å². The predicted molar refractivity (Wildman–Crippen MR) is 108 cm³/mol. The molecule has 0 bridgehead atoms. The Kier molecular flexibility index (Phi) is 6.58. The molecule has 0 spiro atoms. The van der Waals surface area contributed by atoms with Crippen LogP contribution in [0.5, 0.6) is 5.75 Å². The van der Waals surface area contributed by atoms with E-state index in [0.29, 0.717) is 11.4 Å². The van der Waals surface area contributed by atoms with E-state index < -0.39 is 30.4 Å². The highest BCUT2D eigenvalue weighted by atomic mass is 19.1. The zero-order valence-corrected chi connectivity index (χ0v) is 15.8. The van der Waals surface area contributed by atoms with E-state index in [9.17, 15) is 14.0 Å². The SMILES string of the molecule is C[C@H](Oc1ccc(F)cc1)C(=O)OCC(=O)Nc1ccccc1-c1ccccc1. The Balaban J connectivity index is 1.55. The monoisotopic (exact) mass is 393 g/mol. The number of nitrogens with one attached hydrogen (secondary N) is 1. The molecule has 1 amide bonds. The summed E-state index contributed by atoms with van der Waals surface area (Å²) in [6.45, 7) is 1.05. The van der Waals surface area contributed by atoms with E-state index in [-0.39, 0.29) is 0 Å². The second-order valence-electron chi connectivity index (χ2n) is 6.28. The first kappa shape index (κ1) is 20.1. The lowest BCUT2D eigenvalue weighted by Crippen LogP contribution is -2.29. The molecule has 3 aromatic rings. The molecule has 0 saturated carbocycles. The Hall–Kier alpha value is -3.67. The molecular formula is C23H20FNO4. The van der Waals surface area contributed by atoms with Gasteiger partial charge in [0.05, 0.1) is 0 Å². The number of amides is 1. The maximum absolute atomic E-state index is 12.9. The van der Waals surface area contributed by atoms with Crippen molar-refractivity contribution in [2.75, 3.05) is 11.9 Å². The number of hydrogen-bond acceptors (Lipinski definition) is 4. The van der Waals surface area contributed by atoms with Crippen molar-refractivity contribution in [2.45, 2.75) is 13.0 Å². The van der Waals surface area contributed by atoms with Gasteiger partial charge in [-0.25, -0.2) is 9.18 Å². The van der Waals surface area contributed by atoms with Crippen molar-refractivity contribution in [1.29, 1.82) is 0 Å². The molecule has 0 aliphatic rings. The third-order valence-corrected chi connectivity index (χ3v) is 4.09. The first-order chi connectivity index (χ1) is 14.0. The summed E-state index contributed by atoms with van der Waals surface area (Å²) in [4.78, 5) is 24.3. The topological polar surface area (TPSA) is 64.6 Å². The summed E-state index contributed by atoms with van der Waals surface area (Å²) < 4.78 is 23.3. The molecule has 1 atom stereocenters. The lowest BCUT2D eigenvalue weighted by molar-refractivity contribution is -0.153. The van der Waals surface area contributed by atoms with Gasteiger partial charge in [-0.05, 0) is 42.8 Å². The summed E-state index contributed by atoms with van der Waals surface area (Å²) in [6.07, 6.45) is -0.940. The maximum atomic E-state index is 12.9. The molecule has 0 saturated heterocycles. The van der Waals surface area contributed by atoms with Crippen molar-refractivity contribution < 1.29 is 23.5 Å². The van der Waals surface area contributed by atoms with Crippen molar-refractivity contribution in [2.24, 2.45) is 0 Å². The minimum absolute atomic E-state index is 0.331. The normalized spacial score (nSPS) is 11.4. The van der Waals surface area contributed by atoms with E-state index in [1.807, 2.05) is 48.5 Å². The fourth-order valence-corrected chi connectivity index (χ4v) is 2.67. The second-order valence-corrected chi connectivity index (χ2v) is 6.28. The van der Waals surface area contributed by atoms with E-state index >= 15 is 0 Å². The summed E-state index contributed by atoms with van der Waals surface area (Å²) in [5.41, 5.74) is 2.44. The minimum Gasteiger partial charge on any atom is -0.479 e. The lowest BCUT2D eigenvalue weighted by atomic mass is 10.0. The van der Waals surface area contributed by atoms with Crippen LogP contribution in [0.15, 0.2) is 78.9 Å². The van der Waals surface area contributed by atoms with Gasteiger partial charge >= 0.3 is 5.97 Å². The van der Waals surface area contributed by atoms with E-state index in [0.717, 1.165) is 11.1 Å². The summed E-state index contributed by atoms with van der Waals surface area (Å²) in [5, 5.41) is 2.76. The molecule has 0 aromatic heterocycles. The van der Waals surface area contributed by atoms with Crippen molar-refractivity contribution in [3.63, 3.8) is 0 Å². The van der Waals surface area contributed by atoms with Gasteiger partial charge in [-0.15, -0.1) is 0 Å². The average molecular weight is 393 g/mol. The summed E-state index contributed by atoms with van der Waals surface area (Å²) in [6, 6.07) is 22.3. The minimum atomic E-state index is -0.940. The number of halogens is 1. The fraction of sp³-hybridized carbons (Fsp3) is 0.130. The third kappa shape index (κ3) is 5.65. The van der Waals surface area contributed by atoms with Crippen LogP contribution < -0.4 is 10.1 Å². The van der Waals surface area contributed by atoms with Crippen molar-refractivity contribution in [1.82, 2.24) is 0 Å². The lowest BCUT2D eigenvalue weighted by Gasteiger charge is -2.15. The molecule has 0 radical (unpaired) electrons. The number of hydrogen-bond donors (Lipinski definition) is 1. The highest BCUT2D eigenvalue weighted by Gasteiger charge is 2.18. The standard InChI is InChI=1S/C23H20FNO4/c1-16(29-19-13-11-18(24)12-14-19)23(27)28-15-22(26)25-21-10-6-5-9-20(21)17-7-3-2-4-8-17/h2-14,16H,15H2,1H3,(H,25,26)/t16-/m0/s1. The molecule has 3 rings (SSSR count). The van der Waals surface area contributed by atoms with E-state index in [1.54, 1.807) is 6.07 Å². The Morgan fingerprint density at radius 1 is 0.931 bits per heavy atom. The number of anilines is 1. The Morgan fingerprint density at radius 3 is 2.31 bits per heavy atom. The molecule has 0 aliphatic heterocycles. The van der Waals surface area contributed by atoms with Gasteiger partial charge in [-0.3, -0.25) is 4.79 Å². The third-order valence-electron chi connectivity index (χ3n) is 4.09. The van der Waals surface area contributed by atoms with E-state index in [2.05, 4.69) is 5.32 Å². The van der Waals surface area contributed by atoms with Crippen LogP contribution in [0.1, 0.15) is 6.92 Å². The number of carbonyl (C=O) groups excluding carboxylic acids is 2. The summed E-state index contributed by atoms with van der Waals surface area (Å²) in [7, 11) is 0. The summed E-state index contributed by atoms with van der Waals surface area (Å²) in [5.74, 6) is -1.23. The molecule has 0 fully saturated rings. The van der Waals surface area contributed by atoms with Crippen LogP contribution in [-0.4, -0.2) is 24.6 Å². The predicted octanol–water partition coefficient (Wildman–Crippen LogP) is 4.44. The zero-order valence-electron chi connectivity index (χ0n) is 15.8. The fourth-order valence-electron chi connectivity index (χ4n) is 2.67. The Morgan fingerprint density at radius 2 is 1.59 bits per heavy atom. The maximum Gasteiger partial charge on any atom is 0.347 e. The number of benzene rings is 3. The van der Waals surface area contributed by atoms with Gasteiger partial charge in [0.2, 0.25) is 0 Å². The number of esters is 1. The van der Waals surface area contributed by atoms with Crippen molar-refractivity contribution in [3.8, 4) is 16.9 Å². The van der Waals surface area contributed by atoms with Crippen LogP contribution in [0.2, 0.25) is 0 Å². The van der Waals surface area contributed by atoms with Gasteiger partial charge in [0.25, 0.3) is 5.91 Å². The number of rotatable bonds is 7. The molecule has 5 nitrogen and oxygen atoms in total. The van der Waals surface area contributed by atoms with Crippen LogP contribution in [0.25, 0.3) is 11.1 Å². The molecule has 1 N–H and O–H groups in total. The van der Waals surface area contributed by atoms with Gasteiger partial charge in [0.1, 0.15) is 11.6 Å². The second kappa shape index (κ2) is 9.50. The molecule has 0 heterocycles. The Bertz CT molecular complexity index is 974. The highest BCUT2D eigenvalue weighted by molar-refractivity contribution is 5.97. The van der Waals surface area contributed by atoms with Gasteiger partial charge in [0, 0.05) is 11.3 Å². The van der Waals surface area contributed by atoms with Crippen LogP contribution in [-0.2, 0) is 14.3 Å². The van der Waals surface area contributed by atoms with Crippen LogP contribution in [0.4, 0.5) is 10.1 Å². The largest absolute Gasteiger partial charge is 0.479 e. The quantitative estimate of drug-likeness (QED) is 0.603.